The molecule has 0 heterocycles. The number of halogens is 2. The number of hydrogen-bond donors (Lipinski definition) is 0. The second-order valence-corrected chi connectivity index (χ2v) is 9.59. The molecular formula is C27H28F2O3. The maximum absolute atomic E-state index is 13.5. The molecule has 32 heavy (non-hydrogen) atoms. The van der Waals surface area contributed by atoms with Crippen molar-refractivity contribution < 1.29 is 23.0 Å². The Morgan fingerprint density at radius 1 is 1.09 bits per heavy atom. The lowest BCUT2D eigenvalue weighted by molar-refractivity contribution is -0.127. The summed E-state index contributed by atoms with van der Waals surface area (Å²) >= 11 is 0. The summed E-state index contributed by atoms with van der Waals surface area (Å²) in [7, 11) is 1.71. The Bertz CT molecular complexity index is 1060. The standard InChI is InChI=1S/C27H28F2O3/c1-27-12-11-22-21-10-8-20(31-2)14-17(21)5-9-23(22)24(27)15-18(25(27)30)13-16-3-6-19(7-4-16)32-26(28)29/h3-4,6-8,10,13-14,22-24,26H,5,9,11-12,15H2,1-2H3/b18-13+. The minimum Gasteiger partial charge on any atom is -0.497 e. The quantitative estimate of drug-likeness (QED) is 0.517. The maximum Gasteiger partial charge on any atom is 0.387 e. The van der Waals surface area contributed by atoms with E-state index >= 15 is 0 Å². The number of hydrogen-bond acceptors (Lipinski definition) is 3. The first-order chi connectivity index (χ1) is 15.4. The fourth-order valence-corrected chi connectivity index (χ4v) is 6.43. The van der Waals surface area contributed by atoms with Gasteiger partial charge in [-0.15, -0.1) is 0 Å². The fraction of sp³-hybridized carbons (Fsp3) is 0.444. The molecule has 2 fully saturated rings. The van der Waals surface area contributed by atoms with Crippen LogP contribution < -0.4 is 9.47 Å². The van der Waals surface area contributed by atoms with Crippen LogP contribution in [0.25, 0.3) is 6.08 Å². The predicted molar refractivity (Wildman–Crippen MR) is 119 cm³/mol. The summed E-state index contributed by atoms with van der Waals surface area (Å²) in [5, 5.41) is 0. The number of allylic oxidation sites excluding steroid dienone is 1. The van der Waals surface area contributed by atoms with Crippen LogP contribution >= 0.6 is 0 Å². The van der Waals surface area contributed by atoms with E-state index in [1.807, 2.05) is 6.08 Å². The lowest BCUT2D eigenvalue weighted by Crippen LogP contribution is -2.42. The maximum atomic E-state index is 13.5. The second kappa shape index (κ2) is 8.02. The number of fused-ring (bicyclic) bond motifs is 5. The van der Waals surface area contributed by atoms with E-state index < -0.39 is 6.61 Å². The molecule has 3 nitrogen and oxygen atoms in total. The van der Waals surface area contributed by atoms with Crippen molar-refractivity contribution in [3.63, 3.8) is 0 Å². The van der Waals surface area contributed by atoms with E-state index in [4.69, 9.17) is 4.74 Å². The van der Waals surface area contributed by atoms with E-state index in [0.717, 1.165) is 49.0 Å². The molecule has 0 radical (unpaired) electrons. The number of ketones is 1. The van der Waals surface area contributed by atoms with Crippen LogP contribution in [0.4, 0.5) is 8.78 Å². The van der Waals surface area contributed by atoms with E-state index in [0.29, 0.717) is 17.8 Å². The number of carbonyl (C=O) groups is 1. The van der Waals surface area contributed by atoms with Crippen LogP contribution in [0.3, 0.4) is 0 Å². The first-order valence-electron chi connectivity index (χ1n) is 11.4. The highest BCUT2D eigenvalue weighted by atomic mass is 19.3. The first kappa shape index (κ1) is 21.2. The van der Waals surface area contributed by atoms with Crippen molar-refractivity contribution in [1.82, 2.24) is 0 Å². The minimum atomic E-state index is -2.84. The normalized spacial score (nSPS) is 30.1. The van der Waals surface area contributed by atoms with Crippen LogP contribution in [0, 0.1) is 17.3 Å². The molecule has 0 aliphatic heterocycles. The molecule has 2 saturated carbocycles. The van der Waals surface area contributed by atoms with E-state index in [9.17, 15) is 13.6 Å². The monoisotopic (exact) mass is 438 g/mol. The van der Waals surface area contributed by atoms with Gasteiger partial charge < -0.3 is 9.47 Å². The molecule has 2 aromatic rings. The van der Waals surface area contributed by atoms with Gasteiger partial charge in [-0.05, 0) is 102 Å². The van der Waals surface area contributed by atoms with Crippen LogP contribution in [0.2, 0.25) is 0 Å². The summed E-state index contributed by atoms with van der Waals surface area (Å²) in [6.07, 6.45) is 6.80. The van der Waals surface area contributed by atoms with Crippen molar-refractivity contribution in [2.24, 2.45) is 17.3 Å². The third-order valence-electron chi connectivity index (χ3n) is 8.02. The lowest BCUT2D eigenvalue weighted by atomic mass is 9.55. The zero-order valence-electron chi connectivity index (χ0n) is 18.4. The molecule has 2 aromatic carbocycles. The molecule has 3 aliphatic rings. The van der Waals surface area contributed by atoms with Crippen molar-refractivity contribution in [3.8, 4) is 11.5 Å². The molecule has 5 heteroatoms. The average Bonchev–Trinajstić information content (AvgIpc) is 3.04. The van der Waals surface area contributed by atoms with Gasteiger partial charge in [0, 0.05) is 5.41 Å². The van der Waals surface area contributed by atoms with Crippen molar-refractivity contribution in [1.29, 1.82) is 0 Å². The number of methoxy groups -OCH3 is 1. The molecule has 168 valence electrons. The number of alkyl halides is 2. The van der Waals surface area contributed by atoms with Crippen LogP contribution in [-0.2, 0) is 11.2 Å². The summed E-state index contributed by atoms with van der Waals surface area (Å²) in [6.45, 7) is -0.687. The van der Waals surface area contributed by atoms with Gasteiger partial charge >= 0.3 is 6.61 Å². The number of Topliss-reactive ketones (excluding diaryl/α,β-unsaturated/α-hetero) is 1. The number of aryl methyl sites for hydroxylation is 1. The minimum absolute atomic E-state index is 0.126. The number of benzene rings is 2. The highest BCUT2D eigenvalue weighted by molar-refractivity contribution is 6.06. The Kier molecular flexibility index (Phi) is 5.31. The fourth-order valence-electron chi connectivity index (χ4n) is 6.43. The zero-order valence-corrected chi connectivity index (χ0v) is 18.4. The van der Waals surface area contributed by atoms with E-state index in [-0.39, 0.29) is 16.9 Å². The lowest BCUT2D eigenvalue weighted by Gasteiger charge is -2.48. The third kappa shape index (κ3) is 3.52. The number of rotatable bonds is 4. The molecule has 4 unspecified atom stereocenters. The third-order valence-corrected chi connectivity index (χ3v) is 8.02. The van der Waals surface area contributed by atoms with E-state index in [1.165, 1.54) is 23.3 Å². The smallest absolute Gasteiger partial charge is 0.387 e. The van der Waals surface area contributed by atoms with Crippen LogP contribution in [-0.4, -0.2) is 19.5 Å². The Morgan fingerprint density at radius 3 is 2.56 bits per heavy atom. The Morgan fingerprint density at radius 2 is 1.84 bits per heavy atom. The van der Waals surface area contributed by atoms with Crippen LogP contribution in [0.15, 0.2) is 48.0 Å². The van der Waals surface area contributed by atoms with Crippen molar-refractivity contribution in [2.75, 3.05) is 7.11 Å². The van der Waals surface area contributed by atoms with E-state index in [1.54, 1.807) is 19.2 Å². The Labute approximate surface area is 187 Å². The van der Waals surface area contributed by atoms with E-state index in [2.05, 4.69) is 29.9 Å². The second-order valence-electron chi connectivity index (χ2n) is 9.59. The molecule has 0 N–H and O–H groups in total. The molecule has 4 atom stereocenters. The molecule has 0 aromatic heterocycles. The van der Waals surface area contributed by atoms with Crippen LogP contribution in [0.1, 0.15) is 55.2 Å². The highest BCUT2D eigenvalue weighted by Crippen LogP contribution is 2.60. The van der Waals surface area contributed by atoms with Gasteiger partial charge in [-0.1, -0.05) is 25.1 Å². The predicted octanol–water partition coefficient (Wildman–Crippen LogP) is 6.42. The van der Waals surface area contributed by atoms with Gasteiger partial charge in [0.05, 0.1) is 7.11 Å². The zero-order chi connectivity index (χ0) is 22.5. The van der Waals surface area contributed by atoms with Crippen molar-refractivity contribution >= 4 is 11.9 Å². The van der Waals surface area contributed by atoms with Crippen molar-refractivity contribution in [3.05, 3.63) is 64.7 Å². The highest BCUT2D eigenvalue weighted by Gasteiger charge is 2.56. The van der Waals surface area contributed by atoms with Crippen molar-refractivity contribution in [2.45, 2.75) is 51.6 Å². The SMILES string of the molecule is COc1ccc2c(c1)CCC1C2CCC2(C)C(=O)/C(=C/c3ccc(OC(F)F)cc3)CC12. The number of ether oxygens (including phenoxy) is 2. The summed E-state index contributed by atoms with van der Waals surface area (Å²) in [5.74, 6) is 2.65. The molecule has 0 spiro atoms. The van der Waals surface area contributed by atoms with Gasteiger partial charge in [0.25, 0.3) is 0 Å². The van der Waals surface area contributed by atoms with Gasteiger partial charge in [0.15, 0.2) is 5.78 Å². The Balaban J connectivity index is 1.40. The topological polar surface area (TPSA) is 35.5 Å². The molecule has 0 amide bonds. The summed E-state index contributed by atoms with van der Waals surface area (Å²) in [6, 6.07) is 13.0. The summed E-state index contributed by atoms with van der Waals surface area (Å²) in [4.78, 5) is 13.5. The largest absolute Gasteiger partial charge is 0.497 e. The van der Waals surface area contributed by atoms with Gasteiger partial charge in [-0.2, -0.15) is 8.78 Å². The molecule has 3 aliphatic carbocycles. The molecule has 5 rings (SSSR count). The van der Waals surface area contributed by atoms with Gasteiger partial charge in [0.2, 0.25) is 0 Å². The summed E-state index contributed by atoms with van der Waals surface area (Å²) in [5.41, 5.74) is 4.22. The molecular weight excluding hydrogens is 410 g/mol. The van der Waals surface area contributed by atoms with Gasteiger partial charge in [-0.25, -0.2) is 0 Å². The first-order valence-corrected chi connectivity index (χ1v) is 11.4. The van der Waals surface area contributed by atoms with Crippen LogP contribution in [0.5, 0.6) is 11.5 Å². The average molecular weight is 439 g/mol. The molecule has 0 bridgehead atoms. The van der Waals surface area contributed by atoms with Gasteiger partial charge in [-0.3, -0.25) is 4.79 Å². The summed E-state index contributed by atoms with van der Waals surface area (Å²) < 4.78 is 34.6. The van der Waals surface area contributed by atoms with Gasteiger partial charge in [0.1, 0.15) is 11.5 Å². The number of carbonyl (C=O) groups excluding carboxylic acids is 1. The molecule has 0 saturated heterocycles. The Hall–Kier alpha value is -2.69.